The Hall–Kier alpha value is -0.950. The van der Waals surface area contributed by atoms with Gasteiger partial charge in [-0.25, -0.2) is 0 Å². The van der Waals surface area contributed by atoms with Gasteiger partial charge >= 0.3 is 6.36 Å². The van der Waals surface area contributed by atoms with Crippen molar-refractivity contribution in [1.82, 2.24) is 0 Å². The zero-order valence-corrected chi connectivity index (χ0v) is 9.76. The first kappa shape index (κ1) is 13.1. The highest BCUT2D eigenvalue weighted by Gasteiger charge is 2.32. The zero-order chi connectivity index (χ0) is 12.2. The van der Waals surface area contributed by atoms with E-state index < -0.39 is 6.36 Å². The van der Waals surface area contributed by atoms with Crippen LogP contribution in [0, 0.1) is 0 Å². The van der Waals surface area contributed by atoms with E-state index in [1.165, 1.54) is 19.2 Å². The second-order valence-corrected chi connectivity index (χ2v) is 3.55. The summed E-state index contributed by atoms with van der Waals surface area (Å²) < 4.78 is 49.6. The number of ether oxygens (including phenoxy) is 3. The van der Waals surface area contributed by atoms with Crippen LogP contribution in [-0.2, 0) is 4.74 Å². The van der Waals surface area contributed by atoms with Gasteiger partial charge in [-0.05, 0) is 28.1 Å². The van der Waals surface area contributed by atoms with Crippen LogP contribution in [0.3, 0.4) is 0 Å². The Morgan fingerprint density at radius 3 is 2.56 bits per heavy atom. The SMILES string of the molecule is COCOc1ccc(Br)c(OC(F)(F)F)c1. The predicted octanol–water partition coefficient (Wildman–Crippen LogP) is 3.33. The maximum Gasteiger partial charge on any atom is 0.573 e. The van der Waals surface area contributed by atoms with Gasteiger partial charge < -0.3 is 14.2 Å². The first-order valence-electron chi connectivity index (χ1n) is 4.09. The van der Waals surface area contributed by atoms with Crippen LogP contribution in [0.4, 0.5) is 13.2 Å². The molecule has 0 atom stereocenters. The van der Waals surface area contributed by atoms with Gasteiger partial charge in [-0.2, -0.15) is 0 Å². The lowest BCUT2D eigenvalue weighted by Gasteiger charge is -2.12. The van der Waals surface area contributed by atoms with E-state index in [4.69, 9.17) is 4.74 Å². The van der Waals surface area contributed by atoms with E-state index in [-0.39, 0.29) is 22.8 Å². The van der Waals surface area contributed by atoms with Crippen molar-refractivity contribution in [2.45, 2.75) is 6.36 Å². The summed E-state index contributed by atoms with van der Waals surface area (Å²) in [5.74, 6) is -0.134. The molecule has 0 saturated carbocycles. The Labute approximate surface area is 98.2 Å². The smallest absolute Gasteiger partial charge is 0.467 e. The highest BCUT2D eigenvalue weighted by molar-refractivity contribution is 9.10. The van der Waals surface area contributed by atoms with Crippen LogP contribution < -0.4 is 9.47 Å². The van der Waals surface area contributed by atoms with Crippen molar-refractivity contribution < 1.29 is 27.4 Å². The predicted molar refractivity (Wildman–Crippen MR) is 53.3 cm³/mol. The molecule has 0 fully saturated rings. The number of benzene rings is 1. The fourth-order valence-corrected chi connectivity index (χ4v) is 1.23. The molecule has 0 aromatic heterocycles. The number of hydrogen-bond donors (Lipinski definition) is 0. The van der Waals surface area contributed by atoms with Gasteiger partial charge in [0.15, 0.2) is 6.79 Å². The number of methoxy groups -OCH3 is 1. The molecule has 7 heteroatoms. The first-order valence-corrected chi connectivity index (χ1v) is 4.88. The third-order valence-corrected chi connectivity index (χ3v) is 2.13. The molecule has 0 aliphatic carbocycles. The van der Waals surface area contributed by atoms with Crippen molar-refractivity contribution in [3.63, 3.8) is 0 Å². The summed E-state index contributed by atoms with van der Waals surface area (Å²) in [4.78, 5) is 0. The van der Waals surface area contributed by atoms with E-state index in [2.05, 4.69) is 25.4 Å². The van der Waals surface area contributed by atoms with Crippen LogP contribution in [-0.4, -0.2) is 20.3 Å². The van der Waals surface area contributed by atoms with Gasteiger partial charge in [-0.3, -0.25) is 0 Å². The number of halogens is 4. The Morgan fingerprint density at radius 2 is 2.00 bits per heavy atom. The molecule has 0 aliphatic rings. The molecule has 16 heavy (non-hydrogen) atoms. The fraction of sp³-hybridized carbons (Fsp3) is 0.333. The fourth-order valence-electron chi connectivity index (χ4n) is 0.903. The normalized spacial score (nSPS) is 11.3. The van der Waals surface area contributed by atoms with Crippen LogP contribution in [0.1, 0.15) is 0 Å². The van der Waals surface area contributed by atoms with Crippen LogP contribution in [0.2, 0.25) is 0 Å². The summed E-state index contributed by atoms with van der Waals surface area (Å²) >= 11 is 2.94. The van der Waals surface area contributed by atoms with Crippen LogP contribution in [0.15, 0.2) is 22.7 Å². The van der Waals surface area contributed by atoms with Crippen molar-refractivity contribution in [3.05, 3.63) is 22.7 Å². The highest BCUT2D eigenvalue weighted by atomic mass is 79.9. The second-order valence-electron chi connectivity index (χ2n) is 2.69. The van der Waals surface area contributed by atoms with E-state index in [0.29, 0.717) is 0 Å². The van der Waals surface area contributed by atoms with Crippen molar-refractivity contribution in [1.29, 1.82) is 0 Å². The second kappa shape index (κ2) is 5.40. The standard InChI is InChI=1S/C9H8BrF3O3/c1-14-5-15-6-2-3-7(10)8(4-6)16-9(11,12)13/h2-4H,5H2,1H3. The summed E-state index contributed by atoms with van der Waals surface area (Å²) in [5.41, 5.74) is 0. The van der Waals surface area contributed by atoms with Crippen molar-refractivity contribution in [2.24, 2.45) is 0 Å². The maximum atomic E-state index is 12.0. The molecule has 0 radical (unpaired) electrons. The summed E-state index contributed by atoms with van der Waals surface area (Å²) in [6, 6.07) is 4.01. The van der Waals surface area contributed by atoms with Gasteiger partial charge in [-0.1, -0.05) is 0 Å². The first-order chi connectivity index (χ1) is 7.42. The molecule has 0 aliphatic heterocycles. The van der Waals surface area contributed by atoms with Crippen molar-refractivity contribution in [2.75, 3.05) is 13.9 Å². The van der Waals surface area contributed by atoms with Crippen LogP contribution >= 0.6 is 15.9 Å². The monoisotopic (exact) mass is 300 g/mol. The molecular formula is C9H8BrF3O3. The third kappa shape index (κ3) is 4.28. The highest BCUT2D eigenvalue weighted by Crippen LogP contribution is 2.33. The molecule has 1 aromatic rings. The van der Waals surface area contributed by atoms with Gasteiger partial charge in [0.1, 0.15) is 11.5 Å². The molecule has 0 amide bonds. The molecule has 0 heterocycles. The lowest BCUT2D eigenvalue weighted by Crippen LogP contribution is -2.17. The summed E-state index contributed by atoms with van der Waals surface area (Å²) in [5, 5.41) is 0. The quantitative estimate of drug-likeness (QED) is 0.798. The molecule has 90 valence electrons. The van der Waals surface area contributed by atoms with Gasteiger partial charge in [-0.15, -0.1) is 13.2 Å². The maximum absolute atomic E-state index is 12.0. The average molecular weight is 301 g/mol. The molecule has 0 unspecified atom stereocenters. The molecule has 0 N–H and O–H groups in total. The minimum atomic E-state index is -4.73. The number of alkyl halides is 3. The van der Waals surface area contributed by atoms with E-state index in [9.17, 15) is 13.2 Å². The Bertz CT molecular complexity index is 354. The lowest BCUT2D eigenvalue weighted by molar-refractivity contribution is -0.274. The molecule has 0 saturated heterocycles. The molecule has 0 bridgehead atoms. The zero-order valence-electron chi connectivity index (χ0n) is 8.18. The minimum absolute atomic E-state index is 0.0485. The molecule has 0 spiro atoms. The number of rotatable bonds is 4. The van der Waals surface area contributed by atoms with E-state index in [1.807, 2.05) is 0 Å². The molecule has 1 aromatic carbocycles. The molecule has 3 nitrogen and oxygen atoms in total. The molecule has 1 rings (SSSR count). The van der Waals surface area contributed by atoms with E-state index in [1.54, 1.807) is 0 Å². The summed E-state index contributed by atoms with van der Waals surface area (Å²) in [7, 11) is 1.41. The Morgan fingerprint density at radius 1 is 1.31 bits per heavy atom. The van der Waals surface area contributed by atoms with Gasteiger partial charge in [0.05, 0.1) is 4.47 Å². The van der Waals surface area contributed by atoms with Gasteiger partial charge in [0, 0.05) is 13.2 Å². The Kier molecular flexibility index (Phi) is 4.43. The van der Waals surface area contributed by atoms with Crippen LogP contribution in [0.5, 0.6) is 11.5 Å². The average Bonchev–Trinajstić information content (AvgIpc) is 2.17. The summed E-state index contributed by atoms with van der Waals surface area (Å²) in [6.45, 7) is -0.0485. The van der Waals surface area contributed by atoms with Gasteiger partial charge in [0.25, 0.3) is 0 Å². The summed E-state index contributed by atoms with van der Waals surface area (Å²) in [6.07, 6.45) is -4.73. The number of hydrogen-bond acceptors (Lipinski definition) is 3. The van der Waals surface area contributed by atoms with E-state index >= 15 is 0 Å². The third-order valence-electron chi connectivity index (χ3n) is 1.47. The topological polar surface area (TPSA) is 27.7 Å². The van der Waals surface area contributed by atoms with E-state index in [0.717, 1.165) is 6.07 Å². The Balaban J connectivity index is 2.82. The lowest BCUT2D eigenvalue weighted by atomic mass is 10.3. The van der Waals surface area contributed by atoms with Crippen molar-refractivity contribution >= 4 is 15.9 Å². The van der Waals surface area contributed by atoms with Crippen molar-refractivity contribution in [3.8, 4) is 11.5 Å². The van der Waals surface area contributed by atoms with Crippen LogP contribution in [0.25, 0.3) is 0 Å². The largest absolute Gasteiger partial charge is 0.573 e. The molecular weight excluding hydrogens is 293 g/mol. The van der Waals surface area contributed by atoms with Gasteiger partial charge in [0.2, 0.25) is 0 Å². The minimum Gasteiger partial charge on any atom is -0.467 e.